The molecule has 2 aromatic heterocycles. The molecule has 4 rings (SSSR count). The Bertz CT molecular complexity index is 900. The van der Waals surface area contributed by atoms with Crippen molar-refractivity contribution < 1.29 is 14.2 Å². The Labute approximate surface area is 152 Å². The average molecular weight is 353 g/mol. The van der Waals surface area contributed by atoms with E-state index in [1.54, 1.807) is 14.2 Å². The standard InChI is InChI=1S/C20H23N3O3/c1-24-16-9-5-8-15(19(16)25-2)18-20(21-13-14-7-6-12-26-14)23-11-4-3-10-17(23)22-18/h3-5,8-11,14,21H,6-7,12-13H2,1-2H3. The Balaban J connectivity index is 1.80. The number of nitrogens with one attached hydrogen (secondary N) is 1. The molecule has 6 heteroatoms. The minimum Gasteiger partial charge on any atom is -0.493 e. The fourth-order valence-electron chi connectivity index (χ4n) is 3.44. The molecule has 26 heavy (non-hydrogen) atoms. The highest BCUT2D eigenvalue weighted by molar-refractivity contribution is 5.82. The van der Waals surface area contributed by atoms with Crippen molar-refractivity contribution in [2.75, 3.05) is 32.7 Å². The molecule has 0 spiro atoms. The molecule has 1 aliphatic rings. The van der Waals surface area contributed by atoms with Crippen LogP contribution in [0.25, 0.3) is 16.9 Å². The first-order valence-corrected chi connectivity index (χ1v) is 8.85. The third kappa shape index (κ3) is 2.97. The van der Waals surface area contributed by atoms with Crippen molar-refractivity contribution in [2.24, 2.45) is 0 Å². The van der Waals surface area contributed by atoms with E-state index in [4.69, 9.17) is 19.2 Å². The number of ether oxygens (including phenoxy) is 3. The second-order valence-electron chi connectivity index (χ2n) is 6.29. The maximum Gasteiger partial charge on any atom is 0.170 e. The fraction of sp³-hybridized carbons (Fsp3) is 0.350. The number of methoxy groups -OCH3 is 2. The smallest absolute Gasteiger partial charge is 0.170 e. The fourth-order valence-corrected chi connectivity index (χ4v) is 3.44. The van der Waals surface area contributed by atoms with Gasteiger partial charge in [-0.3, -0.25) is 4.40 Å². The normalized spacial score (nSPS) is 16.8. The van der Waals surface area contributed by atoms with Crippen LogP contribution in [0, 0.1) is 0 Å². The molecule has 1 atom stereocenters. The van der Waals surface area contributed by atoms with Crippen LogP contribution in [0.5, 0.6) is 11.5 Å². The highest BCUT2D eigenvalue weighted by Gasteiger charge is 2.21. The van der Waals surface area contributed by atoms with Crippen LogP contribution >= 0.6 is 0 Å². The van der Waals surface area contributed by atoms with E-state index in [2.05, 4.69) is 9.72 Å². The van der Waals surface area contributed by atoms with Crippen molar-refractivity contribution in [1.82, 2.24) is 9.38 Å². The molecule has 136 valence electrons. The van der Waals surface area contributed by atoms with Gasteiger partial charge in [-0.25, -0.2) is 4.98 Å². The number of fused-ring (bicyclic) bond motifs is 1. The highest BCUT2D eigenvalue weighted by Crippen LogP contribution is 2.40. The zero-order valence-corrected chi connectivity index (χ0v) is 15.1. The monoisotopic (exact) mass is 353 g/mol. The second kappa shape index (κ2) is 7.25. The number of aromatic nitrogens is 2. The van der Waals surface area contributed by atoms with E-state index < -0.39 is 0 Å². The summed E-state index contributed by atoms with van der Waals surface area (Å²) < 4.78 is 18.9. The van der Waals surface area contributed by atoms with E-state index in [9.17, 15) is 0 Å². The zero-order chi connectivity index (χ0) is 17.9. The van der Waals surface area contributed by atoms with Gasteiger partial charge >= 0.3 is 0 Å². The van der Waals surface area contributed by atoms with Gasteiger partial charge in [0.05, 0.1) is 20.3 Å². The Morgan fingerprint density at radius 2 is 2.12 bits per heavy atom. The molecule has 1 unspecified atom stereocenters. The molecular formula is C20H23N3O3. The third-order valence-corrected chi connectivity index (χ3v) is 4.71. The van der Waals surface area contributed by atoms with Crippen LogP contribution in [0.15, 0.2) is 42.6 Å². The summed E-state index contributed by atoms with van der Waals surface area (Å²) in [7, 11) is 3.29. The summed E-state index contributed by atoms with van der Waals surface area (Å²) in [6.07, 6.45) is 4.46. The first-order chi connectivity index (χ1) is 12.8. The quantitative estimate of drug-likeness (QED) is 0.734. The van der Waals surface area contributed by atoms with Crippen molar-refractivity contribution in [3.63, 3.8) is 0 Å². The maximum absolute atomic E-state index is 5.75. The number of anilines is 1. The lowest BCUT2D eigenvalue weighted by molar-refractivity contribution is 0.120. The van der Waals surface area contributed by atoms with Crippen LogP contribution in [0.1, 0.15) is 12.8 Å². The van der Waals surface area contributed by atoms with Crippen LogP contribution in [0.4, 0.5) is 5.82 Å². The summed E-state index contributed by atoms with van der Waals surface area (Å²) >= 11 is 0. The molecule has 0 amide bonds. The van der Waals surface area contributed by atoms with E-state index in [0.29, 0.717) is 11.5 Å². The van der Waals surface area contributed by atoms with Crippen molar-refractivity contribution >= 4 is 11.5 Å². The minimum atomic E-state index is 0.240. The number of imidazole rings is 1. The van der Waals surface area contributed by atoms with E-state index in [-0.39, 0.29) is 6.10 Å². The molecule has 1 saturated heterocycles. The topological polar surface area (TPSA) is 57.0 Å². The van der Waals surface area contributed by atoms with Crippen LogP contribution < -0.4 is 14.8 Å². The van der Waals surface area contributed by atoms with Gasteiger partial charge in [0.25, 0.3) is 0 Å². The molecule has 1 aliphatic heterocycles. The number of rotatable bonds is 6. The molecule has 1 aromatic carbocycles. The van der Waals surface area contributed by atoms with E-state index in [1.807, 2.05) is 42.6 Å². The average Bonchev–Trinajstić information content (AvgIpc) is 3.33. The maximum atomic E-state index is 5.75. The summed E-state index contributed by atoms with van der Waals surface area (Å²) in [5.41, 5.74) is 2.61. The largest absolute Gasteiger partial charge is 0.493 e. The molecule has 1 N–H and O–H groups in total. The van der Waals surface area contributed by atoms with Crippen molar-refractivity contribution in [1.29, 1.82) is 0 Å². The van der Waals surface area contributed by atoms with Crippen LogP contribution in [-0.2, 0) is 4.74 Å². The van der Waals surface area contributed by atoms with Gasteiger partial charge in [0, 0.05) is 24.9 Å². The first-order valence-electron chi connectivity index (χ1n) is 8.85. The van der Waals surface area contributed by atoms with Crippen LogP contribution in [-0.4, -0.2) is 42.9 Å². The van der Waals surface area contributed by atoms with E-state index in [0.717, 1.165) is 48.7 Å². The molecule has 0 saturated carbocycles. The lowest BCUT2D eigenvalue weighted by Crippen LogP contribution is -2.19. The van der Waals surface area contributed by atoms with E-state index >= 15 is 0 Å². The van der Waals surface area contributed by atoms with Crippen molar-refractivity contribution in [3.05, 3.63) is 42.6 Å². The Kier molecular flexibility index (Phi) is 4.67. The van der Waals surface area contributed by atoms with Gasteiger partial charge in [0.2, 0.25) is 0 Å². The number of hydrogen-bond donors (Lipinski definition) is 1. The summed E-state index contributed by atoms with van der Waals surface area (Å²) in [6.45, 7) is 1.60. The van der Waals surface area contributed by atoms with E-state index in [1.165, 1.54) is 0 Å². The Hall–Kier alpha value is -2.73. The van der Waals surface area contributed by atoms with Gasteiger partial charge in [0.1, 0.15) is 17.2 Å². The molecular weight excluding hydrogens is 330 g/mol. The van der Waals surface area contributed by atoms with Gasteiger partial charge in [-0.2, -0.15) is 0 Å². The predicted octanol–water partition coefficient (Wildman–Crippen LogP) is 3.61. The molecule has 1 fully saturated rings. The number of pyridine rings is 1. The van der Waals surface area contributed by atoms with Gasteiger partial charge in [-0.15, -0.1) is 0 Å². The lowest BCUT2D eigenvalue weighted by atomic mass is 10.1. The molecule has 3 heterocycles. The van der Waals surface area contributed by atoms with Crippen LogP contribution in [0.2, 0.25) is 0 Å². The van der Waals surface area contributed by atoms with Crippen molar-refractivity contribution in [3.8, 4) is 22.8 Å². The first kappa shape index (κ1) is 16.7. The number of benzene rings is 1. The van der Waals surface area contributed by atoms with Crippen molar-refractivity contribution in [2.45, 2.75) is 18.9 Å². The molecule has 0 bridgehead atoms. The summed E-state index contributed by atoms with van der Waals surface area (Å²) in [4.78, 5) is 4.84. The Morgan fingerprint density at radius 1 is 1.19 bits per heavy atom. The molecule has 6 nitrogen and oxygen atoms in total. The minimum absolute atomic E-state index is 0.240. The Morgan fingerprint density at radius 3 is 2.88 bits per heavy atom. The molecule has 0 radical (unpaired) electrons. The molecule has 3 aromatic rings. The lowest BCUT2D eigenvalue weighted by Gasteiger charge is -2.15. The highest BCUT2D eigenvalue weighted by atomic mass is 16.5. The third-order valence-electron chi connectivity index (χ3n) is 4.71. The number of nitrogens with zero attached hydrogens (tertiary/aromatic N) is 2. The second-order valence-corrected chi connectivity index (χ2v) is 6.29. The van der Waals surface area contributed by atoms with Gasteiger partial charge < -0.3 is 19.5 Å². The zero-order valence-electron chi connectivity index (χ0n) is 15.1. The van der Waals surface area contributed by atoms with Gasteiger partial charge in [-0.1, -0.05) is 12.1 Å². The summed E-state index contributed by atoms with van der Waals surface area (Å²) in [5.74, 6) is 2.30. The van der Waals surface area contributed by atoms with Crippen LogP contribution in [0.3, 0.4) is 0 Å². The summed E-state index contributed by atoms with van der Waals surface area (Å²) in [5, 5.41) is 3.54. The summed E-state index contributed by atoms with van der Waals surface area (Å²) in [6, 6.07) is 11.8. The van der Waals surface area contributed by atoms with Gasteiger partial charge in [-0.05, 0) is 37.1 Å². The predicted molar refractivity (Wildman–Crippen MR) is 101 cm³/mol. The molecule has 0 aliphatic carbocycles. The SMILES string of the molecule is COc1cccc(-c2nc3ccccn3c2NCC2CCCO2)c1OC. The van der Waals surface area contributed by atoms with Gasteiger partial charge in [0.15, 0.2) is 11.5 Å². The number of hydrogen-bond acceptors (Lipinski definition) is 5. The number of para-hydroxylation sites is 1.